The first-order valence-electron chi connectivity index (χ1n) is 8.65. The molecule has 2 N–H and O–H groups in total. The highest BCUT2D eigenvalue weighted by atomic mass is 16.5. The van der Waals surface area contributed by atoms with Crippen LogP contribution in [-0.4, -0.2) is 50.8 Å². The molecule has 0 aliphatic carbocycles. The fraction of sp³-hybridized carbons (Fsp3) is 0.611. The van der Waals surface area contributed by atoms with E-state index in [2.05, 4.69) is 51.7 Å². The van der Waals surface area contributed by atoms with E-state index in [-0.39, 0.29) is 0 Å². The van der Waals surface area contributed by atoms with E-state index >= 15 is 0 Å². The van der Waals surface area contributed by atoms with Gasteiger partial charge in [-0.1, -0.05) is 37.6 Å². The van der Waals surface area contributed by atoms with Crippen LogP contribution in [0.25, 0.3) is 0 Å². The molecule has 2 rings (SSSR count). The summed E-state index contributed by atoms with van der Waals surface area (Å²) >= 11 is 0. The van der Waals surface area contributed by atoms with Gasteiger partial charge in [-0.05, 0) is 17.5 Å². The molecule has 0 bridgehead atoms. The molecule has 0 radical (unpaired) electrons. The van der Waals surface area contributed by atoms with Gasteiger partial charge in [0.2, 0.25) is 0 Å². The van der Waals surface area contributed by atoms with Crippen LogP contribution in [0.15, 0.2) is 29.3 Å². The Morgan fingerprint density at radius 2 is 1.91 bits per heavy atom. The Hall–Kier alpha value is -1.59. The number of hydrogen-bond donors (Lipinski definition) is 2. The van der Waals surface area contributed by atoms with E-state index in [0.29, 0.717) is 0 Å². The van der Waals surface area contributed by atoms with Gasteiger partial charge in [-0.3, -0.25) is 9.89 Å². The molecule has 23 heavy (non-hydrogen) atoms. The molecule has 1 aromatic carbocycles. The normalized spacial score (nSPS) is 16.3. The molecule has 0 saturated carbocycles. The fourth-order valence-corrected chi connectivity index (χ4v) is 2.67. The van der Waals surface area contributed by atoms with Crippen molar-refractivity contribution in [2.75, 3.05) is 39.9 Å². The summed E-state index contributed by atoms with van der Waals surface area (Å²) in [6, 6.07) is 8.64. The minimum Gasteiger partial charge on any atom is -0.379 e. The van der Waals surface area contributed by atoms with Crippen molar-refractivity contribution in [3.05, 3.63) is 35.4 Å². The number of nitrogens with one attached hydrogen (secondary N) is 2. The zero-order chi connectivity index (χ0) is 16.3. The van der Waals surface area contributed by atoms with E-state index in [1.54, 1.807) is 0 Å². The number of nitrogens with zero attached hydrogens (tertiary/aromatic N) is 2. The second kappa shape index (κ2) is 10.2. The molecule has 1 aliphatic rings. The monoisotopic (exact) mass is 318 g/mol. The van der Waals surface area contributed by atoms with Crippen molar-refractivity contribution >= 4 is 5.96 Å². The van der Waals surface area contributed by atoms with Crippen LogP contribution in [0.4, 0.5) is 0 Å². The van der Waals surface area contributed by atoms with Gasteiger partial charge in [-0.25, -0.2) is 0 Å². The predicted octanol–water partition coefficient (Wildman–Crippen LogP) is 1.98. The maximum atomic E-state index is 5.43. The van der Waals surface area contributed by atoms with Crippen LogP contribution in [0.5, 0.6) is 0 Å². The smallest absolute Gasteiger partial charge is 0.191 e. The summed E-state index contributed by atoms with van der Waals surface area (Å²) in [6.07, 6.45) is 2.35. The summed E-state index contributed by atoms with van der Waals surface area (Å²) in [5.74, 6) is 0.875. The number of unbranched alkanes of at least 4 members (excludes halogenated alkanes) is 1. The molecule has 0 aromatic heterocycles. The largest absolute Gasteiger partial charge is 0.379 e. The maximum absolute atomic E-state index is 5.43. The molecule has 0 spiro atoms. The van der Waals surface area contributed by atoms with Gasteiger partial charge in [0.25, 0.3) is 0 Å². The van der Waals surface area contributed by atoms with Crippen LogP contribution < -0.4 is 10.6 Å². The number of hydrogen-bond acceptors (Lipinski definition) is 3. The number of morpholine rings is 1. The molecule has 1 heterocycles. The Bertz CT molecular complexity index is 484. The van der Waals surface area contributed by atoms with Gasteiger partial charge in [0.05, 0.1) is 13.2 Å². The number of benzene rings is 1. The molecule has 1 fully saturated rings. The molecular weight excluding hydrogens is 288 g/mol. The summed E-state index contributed by atoms with van der Waals surface area (Å²) in [5, 5.41) is 6.77. The summed E-state index contributed by atoms with van der Waals surface area (Å²) in [5.41, 5.74) is 2.71. The molecule has 0 atom stereocenters. The SMILES string of the molecule is CCCCNC(=NC)NCc1ccccc1CN1CCOCC1. The molecule has 1 saturated heterocycles. The highest BCUT2D eigenvalue weighted by Gasteiger charge is 2.12. The summed E-state index contributed by atoms with van der Waals surface area (Å²) < 4.78 is 5.43. The molecule has 5 heteroatoms. The van der Waals surface area contributed by atoms with Crippen LogP contribution in [0.2, 0.25) is 0 Å². The number of guanidine groups is 1. The molecule has 128 valence electrons. The van der Waals surface area contributed by atoms with Crippen molar-refractivity contribution < 1.29 is 4.74 Å². The number of aliphatic imine (C=N–C) groups is 1. The average Bonchev–Trinajstić information content (AvgIpc) is 2.60. The molecular formula is C18H30N4O. The second-order valence-electron chi connectivity index (χ2n) is 5.86. The lowest BCUT2D eigenvalue weighted by atomic mass is 10.1. The number of rotatable bonds is 7. The van der Waals surface area contributed by atoms with Gasteiger partial charge in [0.1, 0.15) is 0 Å². The van der Waals surface area contributed by atoms with Crippen LogP contribution in [0.3, 0.4) is 0 Å². The minimum absolute atomic E-state index is 0.798. The van der Waals surface area contributed by atoms with Crippen molar-refractivity contribution in [1.82, 2.24) is 15.5 Å². The molecule has 0 amide bonds. The van der Waals surface area contributed by atoms with Crippen molar-refractivity contribution in [3.8, 4) is 0 Å². The zero-order valence-corrected chi connectivity index (χ0v) is 14.5. The third-order valence-corrected chi connectivity index (χ3v) is 4.11. The lowest BCUT2D eigenvalue weighted by Gasteiger charge is -2.27. The van der Waals surface area contributed by atoms with Gasteiger partial charge < -0.3 is 15.4 Å². The predicted molar refractivity (Wildman–Crippen MR) is 95.6 cm³/mol. The highest BCUT2D eigenvalue weighted by molar-refractivity contribution is 5.79. The summed E-state index contributed by atoms with van der Waals surface area (Å²) in [7, 11) is 1.82. The van der Waals surface area contributed by atoms with Crippen LogP contribution >= 0.6 is 0 Å². The summed E-state index contributed by atoms with van der Waals surface area (Å²) in [6.45, 7) is 8.66. The van der Waals surface area contributed by atoms with E-state index in [4.69, 9.17) is 4.74 Å². The van der Waals surface area contributed by atoms with E-state index in [9.17, 15) is 0 Å². The maximum Gasteiger partial charge on any atom is 0.191 e. The Morgan fingerprint density at radius 3 is 2.61 bits per heavy atom. The Morgan fingerprint density at radius 1 is 1.17 bits per heavy atom. The number of ether oxygens (including phenoxy) is 1. The first-order chi connectivity index (χ1) is 11.3. The molecule has 1 aromatic rings. The molecule has 1 aliphatic heterocycles. The Kier molecular flexibility index (Phi) is 7.90. The Balaban J connectivity index is 1.88. The second-order valence-corrected chi connectivity index (χ2v) is 5.86. The lowest BCUT2D eigenvalue weighted by Crippen LogP contribution is -2.38. The quantitative estimate of drug-likeness (QED) is 0.458. The fourth-order valence-electron chi connectivity index (χ4n) is 2.67. The molecule has 0 unspecified atom stereocenters. The van der Waals surface area contributed by atoms with Gasteiger partial charge in [0, 0.05) is 39.8 Å². The third kappa shape index (κ3) is 6.20. The van der Waals surface area contributed by atoms with Gasteiger partial charge >= 0.3 is 0 Å². The van der Waals surface area contributed by atoms with Gasteiger partial charge in [-0.15, -0.1) is 0 Å². The van der Waals surface area contributed by atoms with E-state index in [1.165, 1.54) is 17.5 Å². The van der Waals surface area contributed by atoms with Crippen molar-refractivity contribution in [2.45, 2.75) is 32.9 Å². The first-order valence-corrected chi connectivity index (χ1v) is 8.65. The summed E-state index contributed by atoms with van der Waals surface area (Å²) in [4.78, 5) is 6.74. The van der Waals surface area contributed by atoms with Crippen LogP contribution in [-0.2, 0) is 17.8 Å². The lowest BCUT2D eigenvalue weighted by molar-refractivity contribution is 0.0341. The van der Waals surface area contributed by atoms with Crippen molar-refractivity contribution in [3.63, 3.8) is 0 Å². The standard InChI is InChI=1S/C18H30N4O/c1-3-4-9-20-18(19-2)21-14-16-7-5-6-8-17(16)15-22-10-12-23-13-11-22/h5-8H,3-4,9-15H2,1-2H3,(H2,19,20,21). The van der Waals surface area contributed by atoms with Crippen LogP contribution in [0.1, 0.15) is 30.9 Å². The third-order valence-electron chi connectivity index (χ3n) is 4.11. The van der Waals surface area contributed by atoms with Gasteiger partial charge in [0.15, 0.2) is 5.96 Å². The van der Waals surface area contributed by atoms with E-state index in [0.717, 1.165) is 58.3 Å². The first kappa shape index (κ1) is 17.8. The van der Waals surface area contributed by atoms with Crippen molar-refractivity contribution in [2.24, 2.45) is 4.99 Å². The zero-order valence-electron chi connectivity index (χ0n) is 14.5. The van der Waals surface area contributed by atoms with Crippen molar-refractivity contribution in [1.29, 1.82) is 0 Å². The van der Waals surface area contributed by atoms with E-state index < -0.39 is 0 Å². The minimum atomic E-state index is 0.798. The Labute approximate surface area is 140 Å². The highest BCUT2D eigenvalue weighted by Crippen LogP contribution is 2.12. The average molecular weight is 318 g/mol. The molecule has 5 nitrogen and oxygen atoms in total. The van der Waals surface area contributed by atoms with E-state index in [1.807, 2.05) is 7.05 Å². The van der Waals surface area contributed by atoms with Gasteiger partial charge in [-0.2, -0.15) is 0 Å². The van der Waals surface area contributed by atoms with Crippen LogP contribution in [0, 0.1) is 0 Å². The topological polar surface area (TPSA) is 48.9 Å².